The van der Waals surface area contributed by atoms with Gasteiger partial charge in [0.15, 0.2) is 0 Å². The number of rotatable bonds is 5. The van der Waals surface area contributed by atoms with Gasteiger partial charge in [0.1, 0.15) is 5.69 Å². The monoisotopic (exact) mass is 380 g/mol. The van der Waals surface area contributed by atoms with Gasteiger partial charge in [-0.1, -0.05) is 48.0 Å². The van der Waals surface area contributed by atoms with Gasteiger partial charge in [0, 0.05) is 16.4 Å². The maximum atomic E-state index is 12.7. The zero-order valence-electron chi connectivity index (χ0n) is 15.5. The molecule has 3 aromatic rings. The Morgan fingerprint density at radius 2 is 1.78 bits per heavy atom. The number of halogens is 1. The SMILES string of the molecule is Cc1cc(C(=O)Nc2cc(Cl)ccc2C)nc(NC(C)c2ccccc2)n1. The quantitative estimate of drug-likeness (QED) is 0.640. The van der Waals surface area contributed by atoms with Crippen molar-refractivity contribution in [3.05, 3.63) is 82.1 Å². The Bertz CT molecular complexity index is 960. The first-order chi connectivity index (χ1) is 12.9. The van der Waals surface area contributed by atoms with Crippen LogP contribution in [0.15, 0.2) is 54.6 Å². The van der Waals surface area contributed by atoms with Gasteiger partial charge in [-0.3, -0.25) is 4.79 Å². The lowest BCUT2D eigenvalue weighted by molar-refractivity contribution is 0.102. The van der Waals surface area contributed by atoms with Crippen molar-refractivity contribution in [2.24, 2.45) is 0 Å². The Morgan fingerprint density at radius 3 is 2.52 bits per heavy atom. The summed E-state index contributed by atoms with van der Waals surface area (Å²) in [5.74, 6) is 0.112. The number of benzene rings is 2. The highest BCUT2D eigenvalue weighted by Gasteiger charge is 2.14. The zero-order valence-corrected chi connectivity index (χ0v) is 16.2. The molecule has 6 heteroatoms. The normalized spacial score (nSPS) is 11.7. The molecule has 0 spiro atoms. The van der Waals surface area contributed by atoms with E-state index in [0.717, 1.165) is 11.1 Å². The molecule has 0 radical (unpaired) electrons. The van der Waals surface area contributed by atoms with Gasteiger partial charge in [-0.2, -0.15) is 0 Å². The van der Waals surface area contributed by atoms with Crippen LogP contribution in [0.3, 0.4) is 0 Å². The van der Waals surface area contributed by atoms with Gasteiger partial charge >= 0.3 is 0 Å². The Balaban J connectivity index is 1.80. The van der Waals surface area contributed by atoms with E-state index in [9.17, 15) is 4.79 Å². The molecule has 0 saturated carbocycles. The highest BCUT2D eigenvalue weighted by atomic mass is 35.5. The average Bonchev–Trinajstić information content (AvgIpc) is 2.65. The van der Waals surface area contributed by atoms with E-state index in [-0.39, 0.29) is 11.9 Å². The molecule has 5 nitrogen and oxygen atoms in total. The third kappa shape index (κ3) is 4.83. The Labute approximate surface area is 163 Å². The van der Waals surface area contributed by atoms with Crippen LogP contribution in [-0.2, 0) is 0 Å². The molecule has 1 atom stereocenters. The van der Waals surface area contributed by atoms with Gasteiger partial charge in [0.05, 0.1) is 6.04 Å². The summed E-state index contributed by atoms with van der Waals surface area (Å²) in [6, 6.07) is 17.0. The fraction of sp³-hybridized carbons (Fsp3) is 0.190. The topological polar surface area (TPSA) is 66.9 Å². The molecule has 0 aliphatic heterocycles. The van der Waals surface area contributed by atoms with Gasteiger partial charge in [-0.05, 0) is 50.1 Å². The summed E-state index contributed by atoms with van der Waals surface area (Å²) in [6.45, 7) is 5.77. The fourth-order valence-electron chi connectivity index (χ4n) is 2.68. The molecule has 0 aliphatic rings. The number of nitrogens with zero attached hydrogens (tertiary/aromatic N) is 2. The number of aromatic nitrogens is 2. The largest absolute Gasteiger partial charge is 0.348 e. The van der Waals surface area contributed by atoms with Crippen LogP contribution >= 0.6 is 11.6 Å². The van der Waals surface area contributed by atoms with Crippen LogP contribution in [0.25, 0.3) is 0 Å². The molecule has 2 aromatic carbocycles. The second-order valence-electron chi connectivity index (χ2n) is 6.41. The van der Waals surface area contributed by atoms with E-state index in [1.807, 2.05) is 57.2 Å². The van der Waals surface area contributed by atoms with Crippen LogP contribution in [0.2, 0.25) is 5.02 Å². The molecule has 0 aliphatic carbocycles. The standard InChI is InChI=1S/C21H21ClN4O/c1-13-9-10-17(22)12-18(13)25-20(27)19-11-14(2)23-21(26-19)24-15(3)16-7-5-4-6-8-16/h4-12,15H,1-3H3,(H,25,27)(H,23,24,26). The molecule has 1 heterocycles. The summed E-state index contributed by atoms with van der Waals surface area (Å²) in [7, 11) is 0. The summed E-state index contributed by atoms with van der Waals surface area (Å²) < 4.78 is 0. The van der Waals surface area contributed by atoms with Gasteiger partial charge < -0.3 is 10.6 Å². The Morgan fingerprint density at radius 1 is 1.04 bits per heavy atom. The number of carbonyl (C=O) groups excluding carboxylic acids is 1. The van der Waals surface area contributed by atoms with E-state index in [2.05, 4.69) is 20.6 Å². The Kier molecular flexibility index (Phi) is 5.72. The van der Waals surface area contributed by atoms with E-state index in [1.54, 1.807) is 18.2 Å². The molecular formula is C21H21ClN4O. The third-order valence-electron chi connectivity index (χ3n) is 4.18. The zero-order chi connectivity index (χ0) is 19.4. The van der Waals surface area contributed by atoms with E-state index >= 15 is 0 Å². The molecule has 138 valence electrons. The molecule has 1 amide bonds. The van der Waals surface area contributed by atoms with E-state index in [4.69, 9.17) is 11.6 Å². The van der Waals surface area contributed by atoms with Crippen molar-refractivity contribution >= 4 is 29.1 Å². The first-order valence-corrected chi connectivity index (χ1v) is 9.05. The van der Waals surface area contributed by atoms with Crippen molar-refractivity contribution in [2.75, 3.05) is 10.6 Å². The van der Waals surface area contributed by atoms with E-state index < -0.39 is 0 Å². The molecule has 0 saturated heterocycles. The minimum absolute atomic E-state index is 0.0130. The van der Waals surface area contributed by atoms with Crippen molar-refractivity contribution < 1.29 is 4.79 Å². The fourth-order valence-corrected chi connectivity index (χ4v) is 2.86. The van der Waals surface area contributed by atoms with Crippen molar-refractivity contribution in [1.82, 2.24) is 9.97 Å². The average molecular weight is 381 g/mol. The van der Waals surface area contributed by atoms with Crippen molar-refractivity contribution in [3.8, 4) is 0 Å². The van der Waals surface area contributed by atoms with Crippen LogP contribution in [0, 0.1) is 13.8 Å². The molecule has 1 aromatic heterocycles. The lowest BCUT2D eigenvalue weighted by Crippen LogP contribution is -2.17. The molecule has 27 heavy (non-hydrogen) atoms. The number of carbonyl (C=O) groups is 1. The maximum absolute atomic E-state index is 12.7. The van der Waals surface area contributed by atoms with E-state index in [0.29, 0.717) is 28.0 Å². The first-order valence-electron chi connectivity index (χ1n) is 8.67. The summed E-state index contributed by atoms with van der Waals surface area (Å²) in [6.07, 6.45) is 0. The number of hydrogen-bond acceptors (Lipinski definition) is 4. The van der Waals surface area contributed by atoms with Crippen LogP contribution in [0.1, 0.15) is 40.3 Å². The maximum Gasteiger partial charge on any atom is 0.274 e. The molecule has 2 N–H and O–H groups in total. The van der Waals surface area contributed by atoms with Crippen LogP contribution in [-0.4, -0.2) is 15.9 Å². The first kappa shape index (κ1) is 18.9. The van der Waals surface area contributed by atoms with Crippen LogP contribution < -0.4 is 10.6 Å². The van der Waals surface area contributed by atoms with Crippen molar-refractivity contribution in [2.45, 2.75) is 26.8 Å². The summed E-state index contributed by atoms with van der Waals surface area (Å²) in [5.41, 5.74) is 3.71. The minimum atomic E-state index is -0.304. The van der Waals surface area contributed by atoms with Crippen molar-refractivity contribution in [3.63, 3.8) is 0 Å². The van der Waals surface area contributed by atoms with Crippen molar-refractivity contribution in [1.29, 1.82) is 0 Å². The number of anilines is 2. The number of hydrogen-bond donors (Lipinski definition) is 2. The molecule has 3 rings (SSSR count). The predicted molar refractivity (Wildman–Crippen MR) is 109 cm³/mol. The van der Waals surface area contributed by atoms with Crippen LogP contribution in [0.4, 0.5) is 11.6 Å². The Hall–Kier alpha value is -2.92. The second kappa shape index (κ2) is 8.18. The van der Waals surface area contributed by atoms with Gasteiger partial charge in [-0.15, -0.1) is 0 Å². The number of amides is 1. The van der Waals surface area contributed by atoms with Crippen LogP contribution in [0.5, 0.6) is 0 Å². The smallest absolute Gasteiger partial charge is 0.274 e. The number of aryl methyl sites for hydroxylation is 2. The number of nitrogens with one attached hydrogen (secondary N) is 2. The van der Waals surface area contributed by atoms with Gasteiger partial charge in [0.2, 0.25) is 5.95 Å². The lowest BCUT2D eigenvalue weighted by atomic mass is 10.1. The predicted octanol–water partition coefficient (Wildman–Crippen LogP) is 5.17. The summed E-state index contributed by atoms with van der Waals surface area (Å²) in [4.78, 5) is 21.4. The molecule has 1 unspecified atom stereocenters. The second-order valence-corrected chi connectivity index (χ2v) is 6.84. The molecule has 0 fully saturated rings. The lowest BCUT2D eigenvalue weighted by Gasteiger charge is -2.15. The highest BCUT2D eigenvalue weighted by Crippen LogP contribution is 2.21. The highest BCUT2D eigenvalue weighted by molar-refractivity contribution is 6.31. The summed E-state index contributed by atoms with van der Waals surface area (Å²) in [5, 5.41) is 6.68. The van der Waals surface area contributed by atoms with E-state index in [1.165, 1.54) is 0 Å². The minimum Gasteiger partial charge on any atom is -0.348 e. The van der Waals surface area contributed by atoms with Gasteiger partial charge in [0.25, 0.3) is 5.91 Å². The summed E-state index contributed by atoms with van der Waals surface area (Å²) >= 11 is 6.03. The van der Waals surface area contributed by atoms with Gasteiger partial charge in [-0.25, -0.2) is 9.97 Å². The molecule has 0 bridgehead atoms. The molecular weight excluding hydrogens is 360 g/mol. The third-order valence-corrected chi connectivity index (χ3v) is 4.41.